The maximum Gasteiger partial charge on any atom is 0.355 e. The van der Waals surface area contributed by atoms with E-state index in [4.69, 9.17) is 4.74 Å². The van der Waals surface area contributed by atoms with Gasteiger partial charge in [-0.25, -0.2) is 9.18 Å². The van der Waals surface area contributed by atoms with Gasteiger partial charge in [-0.15, -0.1) is 0 Å². The average Bonchev–Trinajstić information content (AvgIpc) is 3.01. The van der Waals surface area contributed by atoms with E-state index in [1.807, 2.05) is 30.3 Å². The highest BCUT2D eigenvalue weighted by Crippen LogP contribution is 2.35. The Balaban J connectivity index is 2.17. The van der Waals surface area contributed by atoms with Crippen LogP contribution >= 0.6 is 0 Å². The van der Waals surface area contributed by atoms with Crippen LogP contribution in [0.4, 0.5) is 4.39 Å². The van der Waals surface area contributed by atoms with E-state index in [1.54, 1.807) is 25.3 Å². The largest absolute Gasteiger partial charge is 0.461 e. The molecule has 2 aromatic carbocycles. The summed E-state index contributed by atoms with van der Waals surface area (Å²) < 4.78 is 18.3. The standard InChI is InChI=1S/C19H16FNO2/c1-2-23-19(22)18-17(14-6-4-3-5-7-14)16(12-21-18)13-8-10-15(20)11-9-13/h3-12,21H,2H2,1H3. The highest BCUT2D eigenvalue weighted by molar-refractivity contribution is 6.01. The molecule has 0 aliphatic heterocycles. The van der Waals surface area contributed by atoms with Crippen LogP contribution in [0.5, 0.6) is 0 Å². The number of hydrogen-bond donors (Lipinski definition) is 1. The third-order valence-corrected chi connectivity index (χ3v) is 3.58. The van der Waals surface area contributed by atoms with Crippen molar-refractivity contribution < 1.29 is 13.9 Å². The molecule has 0 spiro atoms. The van der Waals surface area contributed by atoms with Gasteiger partial charge in [-0.3, -0.25) is 0 Å². The molecule has 3 aromatic rings. The van der Waals surface area contributed by atoms with Crippen molar-refractivity contribution in [3.05, 3.63) is 72.3 Å². The number of aromatic nitrogens is 1. The van der Waals surface area contributed by atoms with E-state index >= 15 is 0 Å². The van der Waals surface area contributed by atoms with E-state index in [9.17, 15) is 9.18 Å². The van der Waals surface area contributed by atoms with Gasteiger partial charge in [0, 0.05) is 17.3 Å². The van der Waals surface area contributed by atoms with Crippen molar-refractivity contribution in [3.63, 3.8) is 0 Å². The Morgan fingerprint density at radius 2 is 1.74 bits per heavy atom. The molecule has 0 fully saturated rings. The minimum absolute atomic E-state index is 0.295. The van der Waals surface area contributed by atoms with Crippen LogP contribution in [0.25, 0.3) is 22.3 Å². The van der Waals surface area contributed by atoms with Gasteiger partial charge < -0.3 is 9.72 Å². The number of hydrogen-bond acceptors (Lipinski definition) is 2. The topological polar surface area (TPSA) is 42.1 Å². The number of aromatic amines is 1. The van der Waals surface area contributed by atoms with Crippen molar-refractivity contribution in [1.82, 2.24) is 4.98 Å². The van der Waals surface area contributed by atoms with Gasteiger partial charge in [-0.05, 0) is 30.2 Å². The molecule has 0 bridgehead atoms. The summed E-state index contributed by atoms with van der Waals surface area (Å²) in [4.78, 5) is 15.2. The number of halogens is 1. The van der Waals surface area contributed by atoms with E-state index < -0.39 is 5.97 Å². The molecule has 1 heterocycles. The van der Waals surface area contributed by atoms with Crippen LogP contribution in [0.1, 0.15) is 17.4 Å². The lowest BCUT2D eigenvalue weighted by Gasteiger charge is -2.08. The molecule has 3 nitrogen and oxygen atoms in total. The van der Waals surface area contributed by atoms with E-state index in [0.29, 0.717) is 12.3 Å². The molecule has 0 saturated heterocycles. The molecule has 0 unspecified atom stereocenters. The van der Waals surface area contributed by atoms with Gasteiger partial charge in [-0.1, -0.05) is 42.5 Å². The van der Waals surface area contributed by atoms with E-state index in [2.05, 4.69) is 4.98 Å². The molecule has 0 aliphatic carbocycles. The van der Waals surface area contributed by atoms with Crippen LogP contribution in [0, 0.1) is 5.82 Å². The normalized spacial score (nSPS) is 10.5. The minimum atomic E-state index is -0.403. The van der Waals surface area contributed by atoms with Crippen LogP contribution in [-0.2, 0) is 4.74 Å². The fraction of sp³-hybridized carbons (Fsp3) is 0.105. The molecule has 0 atom stereocenters. The number of rotatable bonds is 4. The third-order valence-electron chi connectivity index (χ3n) is 3.58. The number of benzene rings is 2. The van der Waals surface area contributed by atoms with Gasteiger partial charge in [0.25, 0.3) is 0 Å². The van der Waals surface area contributed by atoms with Crippen LogP contribution < -0.4 is 0 Å². The van der Waals surface area contributed by atoms with Crippen molar-refractivity contribution in [2.75, 3.05) is 6.61 Å². The van der Waals surface area contributed by atoms with Crippen molar-refractivity contribution in [2.24, 2.45) is 0 Å². The number of carbonyl (C=O) groups is 1. The summed E-state index contributed by atoms with van der Waals surface area (Å²) >= 11 is 0. The van der Waals surface area contributed by atoms with Gasteiger partial charge in [0.1, 0.15) is 11.5 Å². The molecule has 116 valence electrons. The van der Waals surface area contributed by atoms with Crippen molar-refractivity contribution >= 4 is 5.97 Å². The summed E-state index contributed by atoms with van der Waals surface area (Å²) in [6.45, 7) is 2.07. The monoisotopic (exact) mass is 309 g/mol. The first kappa shape index (κ1) is 15.0. The van der Waals surface area contributed by atoms with Crippen molar-refractivity contribution in [2.45, 2.75) is 6.92 Å². The second-order valence-electron chi connectivity index (χ2n) is 5.05. The lowest BCUT2D eigenvalue weighted by Crippen LogP contribution is -2.06. The summed E-state index contributed by atoms with van der Waals surface area (Å²) in [5.41, 5.74) is 3.72. The maximum atomic E-state index is 13.2. The molecule has 1 aromatic heterocycles. The first-order valence-electron chi connectivity index (χ1n) is 7.40. The zero-order valence-electron chi connectivity index (χ0n) is 12.7. The smallest absolute Gasteiger partial charge is 0.355 e. The van der Waals surface area contributed by atoms with Crippen LogP contribution in [-0.4, -0.2) is 17.6 Å². The molecule has 4 heteroatoms. The maximum absolute atomic E-state index is 13.2. The Morgan fingerprint density at radius 1 is 1.04 bits per heavy atom. The van der Waals surface area contributed by atoms with E-state index in [1.165, 1.54) is 12.1 Å². The summed E-state index contributed by atoms with van der Waals surface area (Å²) in [5.74, 6) is -0.698. The van der Waals surface area contributed by atoms with Gasteiger partial charge in [-0.2, -0.15) is 0 Å². The second kappa shape index (κ2) is 6.48. The molecular weight excluding hydrogens is 293 g/mol. The zero-order chi connectivity index (χ0) is 16.2. The molecule has 3 rings (SSSR count). The van der Waals surface area contributed by atoms with Gasteiger partial charge in [0.05, 0.1) is 6.61 Å². The Labute approximate surface area is 133 Å². The van der Waals surface area contributed by atoms with Gasteiger partial charge in [0.2, 0.25) is 0 Å². The molecule has 0 radical (unpaired) electrons. The Kier molecular flexibility index (Phi) is 4.24. The number of nitrogens with one attached hydrogen (secondary N) is 1. The number of esters is 1. The van der Waals surface area contributed by atoms with Gasteiger partial charge >= 0.3 is 5.97 Å². The first-order valence-corrected chi connectivity index (χ1v) is 7.40. The first-order chi connectivity index (χ1) is 11.2. The average molecular weight is 309 g/mol. The summed E-state index contributed by atoms with van der Waals surface area (Å²) in [6.07, 6.45) is 1.75. The predicted molar refractivity (Wildman–Crippen MR) is 87.6 cm³/mol. The van der Waals surface area contributed by atoms with Crippen molar-refractivity contribution in [1.29, 1.82) is 0 Å². The minimum Gasteiger partial charge on any atom is -0.461 e. The fourth-order valence-corrected chi connectivity index (χ4v) is 2.55. The van der Waals surface area contributed by atoms with Crippen LogP contribution in [0.15, 0.2) is 60.8 Å². The molecule has 0 aliphatic rings. The zero-order valence-corrected chi connectivity index (χ0v) is 12.7. The molecule has 1 N–H and O–H groups in total. The van der Waals surface area contributed by atoms with Crippen LogP contribution in [0.2, 0.25) is 0 Å². The molecular formula is C19H16FNO2. The number of H-pyrrole nitrogens is 1. The Hall–Kier alpha value is -2.88. The van der Waals surface area contributed by atoms with Gasteiger partial charge in [0.15, 0.2) is 0 Å². The molecule has 0 saturated carbocycles. The van der Waals surface area contributed by atoms with Crippen LogP contribution in [0.3, 0.4) is 0 Å². The summed E-state index contributed by atoms with van der Waals surface area (Å²) in [7, 11) is 0. The SMILES string of the molecule is CCOC(=O)c1[nH]cc(-c2ccc(F)cc2)c1-c1ccccc1. The summed E-state index contributed by atoms with van der Waals surface area (Å²) in [5, 5.41) is 0. The molecule has 0 amide bonds. The lowest BCUT2D eigenvalue weighted by molar-refractivity contribution is 0.0521. The van der Waals surface area contributed by atoms with Crippen molar-refractivity contribution in [3.8, 4) is 22.3 Å². The predicted octanol–water partition coefficient (Wildman–Crippen LogP) is 4.66. The highest BCUT2D eigenvalue weighted by Gasteiger charge is 2.20. The quantitative estimate of drug-likeness (QED) is 0.712. The Bertz CT molecular complexity index is 807. The third kappa shape index (κ3) is 3.01. The number of ether oxygens (including phenoxy) is 1. The van der Waals surface area contributed by atoms with E-state index in [-0.39, 0.29) is 5.82 Å². The second-order valence-corrected chi connectivity index (χ2v) is 5.05. The summed E-state index contributed by atoms with van der Waals surface area (Å²) in [6, 6.07) is 15.8. The number of carbonyl (C=O) groups excluding carboxylic acids is 1. The lowest BCUT2D eigenvalue weighted by atomic mass is 9.97. The fourth-order valence-electron chi connectivity index (χ4n) is 2.55. The molecule has 23 heavy (non-hydrogen) atoms. The van der Waals surface area contributed by atoms with E-state index in [0.717, 1.165) is 22.3 Å². The Morgan fingerprint density at radius 3 is 2.39 bits per heavy atom. The highest BCUT2D eigenvalue weighted by atomic mass is 19.1.